The summed E-state index contributed by atoms with van der Waals surface area (Å²) in [5.74, 6) is 1.14. The van der Waals surface area contributed by atoms with Crippen molar-refractivity contribution in [3.05, 3.63) is 0 Å². The van der Waals surface area contributed by atoms with Crippen molar-refractivity contribution in [2.24, 2.45) is 5.92 Å². The second-order valence-electron chi connectivity index (χ2n) is 3.55. The molecule has 2 fully saturated rings. The zero-order valence-corrected chi connectivity index (χ0v) is 7.60. The van der Waals surface area contributed by atoms with Crippen LogP contribution < -0.4 is 0 Å². The number of hydrogen-bond donors (Lipinski definition) is 1. The first kappa shape index (κ1) is 8.38. The third-order valence-electron chi connectivity index (χ3n) is 2.57. The van der Waals surface area contributed by atoms with Crippen molar-refractivity contribution < 1.29 is 14.6 Å². The molecule has 2 saturated heterocycles. The second kappa shape index (κ2) is 2.92. The predicted octanol–water partition coefficient (Wildman–Crippen LogP) is 0.983. The first-order valence-electron chi connectivity index (χ1n) is 4.16. The number of carboxylic acids is 1. The molecule has 4 heteroatoms. The highest BCUT2D eigenvalue weighted by Crippen LogP contribution is 2.41. The van der Waals surface area contributed by atoms with Crippen LogP contribution in [0, 0.1) is 5.92 Å². The Labute approximate surface area is 75.5 Å². The van der Waals surface area contributed by atoms with Crippen LogP contribution in [-0.2, 0) is 9.53 Å². The van der Waals surface area contributed by atoms with E-state index in [4.69, 9.17) is 9.84 Å². The summed E-state index contributed by atoms with van der Waals surface area (Å²) in [6, 6.07) is 0. The van der Waals surface area contributed by atoms with Gasteiger partial charge in [-0.3, -0.25) is 4.79 Å². The van der Waals surface area contributed by atoms with E-state index in [0.29, 0.717) is 13.0 Å². The minimum absolute atomic E-state index is 0.0635. The molecule has 2 aliphatic rings. The smallest absolute Gasteiger partial charge is 0.306 e. The standard InChI is InChI=1S/C8H12O3S/c9-7(10)6-1-2-11-8(3-6)4-12-5-8/h6H,1-5H2,(H,9,10). The van der Waals surface area contributed by atoms with Gasteiger partial charge < -0.3 is 9.84 Å². The lowest BCUT2D eigenvalue weighted by Crippen LogP contribution is -2.51. The van der Waals surface area contributed by atoms with Crippen LogP contribution in [0.4, 0.5) is 0 Å². The van der Waals surface area contributed by atoms with Gasteiger partial charge in [-0.2, -0.15) is 11.8 Å². The molecule has 1 N–H and O–H groups in total. The van der Waals surface area contributed by atoms with Crippen molar-refractivity contribution in [1.82, 2.24) is 0 Å². The molecular weight excluding hydrogens is 176 g/mol. The van der Waals surface area contributed by atoms with Crippen LogP contribution in [0.1, 0.15) is 12.8 Å². The van der Waals surface area contributed by atoms with E-state index in [0.717, 1.165) is 17.9 Å². The largest absolute Gasteiger partial charge is 0.481 e. The van der Waals surface area contributed by atoms with Gasteiger partial charge in [0.25, 0.3) is 0 Å². The monoisotopic (exact) mass is 188 g/mol. The van der Waals surface area contributed by atoms with Crippen LogP contribution in [0.2, 0.25) is 0 Å². The second-order valence-corrected chi connectivity index (χ2v) is 4.54. The molecule has 0 aromatic heterocycles. The Balaban J connectivity index is 1.98. The SMILES string of the molecule is O=C(O)C1CCOC2(CSC2)C1. The van der Waals surface area contributed by atoms with Gasteiger partial charge in [-0.05, 0) is 12.8 Å². The van der Waals surface area contributed by atoms with Crippen LogP contribution >= 0.6 is 11.8 Å². The molecule has 0 radical (unpaired) electrons. The summed E-state index contributed by atoms with van der Waals surface area (Å²) in [4.78, 5) is 10.7. The van der Waals surface area contributed by atoms with Crippen LogP contribution in [0.25, 0.3) is 0 Å². The Morgan fingerprint density at radius 3 is 2.83 bits per heavy atom. The maximum absolute atomic E-state index is 10.7. The molecule has 1 atom stereocenters. The quantitative estimate of drug-likeness (QED) is 0.666. The molecule has 0 saturated carbocycles. The molecule has 12 heavy (non-hydrogen) atoms. The fraction of sp³-hybridized carbons (Fsp3) is 0.875. The number of rotatable bonds is 1. The third kappa shape index (κ3) is 1.33. The van der Waals surface area contributed by atoms with Gasteiger partial charge in [-0.25, -0.2) is 0 Å². The predicted molar refractivity (Wildman–Crippen MR) is 46.4 cm³/mol. The lowest BCUT2D eigenvalue weighted by Gasteiger charge is -2.45. The van der Waals surface area contributed by atoms with Crippen molar-refractivity contribution in [2.45, 2.75) is 18.4 Å². The summed E-state index contributed by atoms with van der Waals surface area (Å²) in [5.41, 5.74) is -0.0635. The van der Waals surface area contributed by atoms with Gasteiger partial charge in [-0.15, -0.1) is 0 Å². The number of thioether (sulfide) groups is 1. The lowest BCUT2D eigenvalue weighted by molar-refractivity contribution is -0.151. The molecule has 0 bridgehead atoms. The van der Waals surface area contributed by atoms with Gasteiger partial charge in [0, 0.05) is 18.1 Å². The number of carbonyl (C=O) groups is 1. The molecule has 0 aromatic rings. The highest BCUT2D eigenvalue weighted by Gasteiger charge is 2.45. The van der Waals surface area contributed by atoms with Gasteiger partial charge in [0.05, 0.1) is 11.5 Å². The Hall–Kier alpha value is -0.220. The summed E-state index contributed by atoms with van der Waals surface area (Å²) in [5, 5.41) is 8.83. The molecule has 1 unspecified atom stereocenters. The fourth-order valence-corrected chi connectivity index (χ4v) is 2.83. The minimum Gasteiger partial charge on any atom is -0.481 e. The highest BCUT2D eigenvalue weighted by atomic mass is 32.2. The van der Waals surface area contributed by atoms with Crippen LogP contribution in [0.15, 0.2) is 0 Å². The van der Waals surface area contributed by atoms with Gasteiger partial charge in [0.15, 0.2) is 0 Å². The topological polar surface area (TPSA) is 46.5 Å². The summed E-state index contributed by atoms with van der Waals surface area (Å²) in [6.45, 7) is 0.623. The Morgan fingerprint density at radius 1 is 1.58 bits per heavy atom. The van der Waals surface area contributed by atoms with Gasteiger partial charge in [0.2, 0.25) is 0 Å². The zero-order chi connectivity index (χ0) is 8.60. The maximum atomic E-state index is 10.7. The van der Waals surface area contributed by atoms with E-state index in [2.05, 4.69) is 0 Å². The van der Waals surface area contributed by atoms with Crippen molar-refractivity contribution in [3.8, 4) is 0 Å². The van der Waals surface area contributed by atoms with E-state index in [9.17, 15) is 4.79 Å². The Bertz CT molecular complexity index is 200. The fourth-order valence-electron chi connectivity index (χ4n) is 1.77. The van der Waals surface area contributed by atoms with Crippen molar-refractivity contribution in [1.29, 1.82) is 0 Å². The number of aliphatic carboxylic acids is 1. The molecule has 0 amide bonds. The van der Waals surface area contributed by atoms with E-state index in [-0.39, 0.29) is 11.5 Å². The van der Waals surface area contributed by atoms with E-state index < -0.39 is 5.97 Å². The summed E-state index contributed by atoms with van der Waals surface area (Å²) < 4.78 is 5.60. The first-order valence-corrected chi connectivity index (χ1v) is 5.32. The summed E-state index contributed by atoms with van der Waals surface area (Å²) >= 11 is 1.84. The number of carboxylic acid groups (broad SMARTS) is 1. The van der Waals surface area contributed by atoms with Crippen molar-refractivity contribution >= 4 is 17.7 Å². The number of hydrogen-bond acceptors (Lipinski definition) is 3. The molecule has 1 spiro atoms. The molecule has 68 valence electrons. The third-order valence-corrected chi connectivity index (χ3v) is 4.03. The lowest BCUT2D eigenvalue weighted by atomic mass is 9.88. The maximum Gasteiger partial charge on any atom is 0.306 e. The highest BCUT2D eigenvalue weighted by molar-refractivity contribution is 8.00. The molecular formula is C8H12O3S. The normalized spacial score (nSPS) is 32.8. The summed E-state index contributed by atoms with van der Waals surface area (Å²) in [7, 11) is 0. The van der Waals surface area contributed by atoms with Gasteiger partial charge in [0.1, 0.15) is 0 Å². The zero-order valence-electron chi connectivity index (χ0n) is 6.78. The van der Waals surface area contributed by atoms with Crippen molar-refractivity contribution in [3.63, 3.8) is 0 Å². The van der Waals surface area contributed by atoms with Crippen LogP contribution in [0.5, 0.6) is 0 Å². The molecule has 2 rings (SSSR count). The van der Waals surface area contributed by atoms with Gasteiger partial charge in [-0.1, -0.05) is 0 Å². The Morgan fingerprint density at radius 2 is 2.33 bits per heavy atom. The average Bonchev–Trinajstić information content (AvgIpc) is 2.02. The van der Waals surface area contributed by atoms with Crippen LogP contribution in [0.3, 0.4) is 0 Å². The van der Waals surface area contributed by atoms with Gasteiger partial charge >= 0.3 is 5.97 Å². The first-order chi connectivity index (χ1) is 5.72. The van der Waals surface area contributed by atoms with Crippen LogP contribution in [-0.4, -0.2) is 34.8 Å². The Kier molecular flexibility index (Phi) is 2.04. The molecule has 0 aliphatic carbocycles. The van der Waals surface area contributed by atoms with Crippen molar-refractivity contribution in [2.75, 3.05) is 18.1 Å². The average molecular weight is 188 g/mol. The van der Waals surface area contributed by atoms with E-state index in [1.165, 1.54) is 0 Å². The summed E-state index contributed by atoms with van der Waals surface area (Å²) in [6.07, 6.45) is 1.40. The van der Waals surface area contributed by atoms with E-state index in [1.54, 1.807) is 0 Å². The molecule has 0 aromatic carbocycles. The van der Waals surface area contributed by atoms with E-state index >= 15 is 0 Å². The van der Waals surface area contributed by atoms with E-state index in [1.807, 2.05) is 11.8 Å². The molecule has 2 heterocycles. The molecule has 2 aliphatic heterocycles. The number of ether oxygens (including phenoxy) is 1. The molecule has 3 nitrogen and oxygen atoms in total. The minimum atomic E-state index is -0.658.